The van der Waals surface area contributed by atoms with E-state index in [1.165, 1.54) is 0 Å². The molecule has 0 saturated heterocycles. The van der Waals surface area contributed by atoms with Gasteiger partial charge < -0.3 is 0 Å². The van der Waals surface area contributed by atoms with Gasteiger partial charge in [0.1, 0.15) is 0 Å². The van der Waals surface area contributed by atoms with E-state index >= 15 is 0 Å². The summed E-state index contributed by atoms with van der Waals surface area (Å²) >= 11 is 0. The molecule has 0 aliphatic rings. The summed E-state index contributed by atoms with van der Waals surface area (Å²) in [6.45, 7) is 24.5. The Labute approximate surface area is 135 Å². The van der Waals surface area contributed by atoms with Gasteiger partial charge >= 0.3 is 135 Å². The van der Waals surface area contributed by atoms with Gasteiger partial charge in [0.05, 0.1) is 0 Å². The second-order valence-electron chi connectivity index (χ2n) is 8.57. The molecule has 0 N–H and O–H groups in total. The zero-order valence-electron chi connectivity index (χ0n) is 15.7. The van der Waals surface area contributed by atoms with E-state index in [1.807, 2.05) is 0 Å². The number of rotatable bonds is 9. The molecule has 0 saturated carbocycles. The van der Waals surface area contributed by atoms with Crippen LogP contribution in [0.2, 0.25) is 0 Å². The van der Waals surface area contributed by atoms with E-state index in [0.29, 0.717) is 15.5 Å². The number of hydrogen-bond donors (Lipinski definition) is 0. The minimum atomic E-state index is -0.988. The fourth-order valence-electron chi connectivity index (χ4n) is 2.78. The van der Waals surface area contributed by atoms with E-state index in [2.05, 4.69) is 67.2 Å². The zero-order valence-corrected chi connectivity index (χ0v) is 20.5. The molecule has 0 fully saturated rings. The van der Waals surface area contributed by atoms with E-state index in [-0.39, 0.29) is 0 Å². The molecule has 0 radical (unpaired) electrons. The van der Waals surface area contributed by atoms with Crippen molar-refractivity contribution in [1.82, 2.24) is 0 Å². The van der Waals surface area contributed by atoms with Crippen LogP contribution in [0.4, 0.5) is 0 Å². The van der Waals surface area contributed by atoms with Crippen molar-refractivity contribution in [2.45, 2.75) is 19.5 Å². The first-order chi connectivity index (χ1) is 8.89. The second kappa shape index (κ2) is 9.45. The molecule has 0 spiro atoms. The zero-order chi connectivity index (χ0) is 16.1. The number of hydrogen-bond acceptors (Lipinski definition) is 0. The van der Waals surface area contributed by atoms with Gasteiger partial charge in [0.15, 0.2) is 0 Å². The summed E-state index contributed by atoms with van der Waals surface area (Å²) in [6, 6.07) is 0. The van der Waals surface area contributed by atoms with Crippen LogP contribution < -0.4 is 0 Å². The van der Waals surface area contributed by atoms with Gasteiger partial charge in [-0.05, 0) is 0 Å². The van der Waals surface area contributed by atoms with Crippen LogP contribution in [0.1, 0.15) is 13.8 Å². The van der Waals surface area contributed by atoms with Gasteiger partial charge in [-0.25, -0.2) is 0 Å². The predicted octanol–water partition coefficient (Wildman–Crippen LogP) is 6.02. The summed E-state index contributed by atoms with van der Waals surface area (Å²) in [6.07, 6.45) is 1.58. The normalized spacial score (nSPS) is 20.4. The van der Waals surface area contributed by atoms with Crippen molar-refractivity contribution in [2.75, 3.05) is 71.3 Å². The molecule has 0 rings (SSSR count). The Kier molecular flexibility index (Phi) is 10.5. The Morgan fingerprint density at radius 2 is 1.50 bits per heavy atom. The second-order valence-corrected chi connectivity index (χ2v) is 30.5. The monoisotopic (exact) mass is 376 g/mol. The Bertz CT molecular complexity index is 270. The van der Waals surface area contributed by atoms with Crippen LogP contribution in [-0.4, -0.2) is 76.9 Å². The first kappa shape index (κ1) is 22.1. The minimum absolute atomic E-state index is 0.311. The standard InChI is InChI=1S/C15H41P5/c1-14(2)15(16-3)11-20(9,10)18(5)12-17(4)13-19(6,7)8/h14-16,19-20H,11-13H2,1-10H3. The maximum absolute atomic E-state index is 2.69. The topological polar surface area (TPSA) is 0 Å². The van der Waals surface area contributed by atoms with E-state index < -0.39 is 14.2 Å². The summed E-state index contributed by atoms with van der Waals surface area (Å²) in [5.74, 6) is 4.08. The third-order valence-electron chi connectivity index (χ3n) is 4.13. The average molecular weight is 376 g/mol. The molecular weight excluding hydrogens is 335 g/mol. The molecule has 0 heterocycles. The Balaban J connectivity index is 4.53. The van der Waals surface area contributed by atoms with Crippen LogP contribution in [0.5, 0.6) is 0 Å². The molecule has 4 atom stereocenters. The van der Waals surface area contributed by atoms with Gasteiger partial charge in [0.2, 0.25) is 0 Å². The van der Waals surface area contributed by atoms with E-state index in [1.54, 1.807) is 18.0 Å². The van der Waals surface area contributed by atoms with Crippen molar-refractivity contribution in [1.29, 1.82) is 0 Å². The molecule has 4 unspecified atom stereocenters. The van der Waals surface area contributed by atoms with E-state index in [0.717, 1.165) is 20.2 Å². The molecule has 0 amide bonds. The van der Waals surface area contributed by atoms with Crippen LogP contribution in [0, 0.1) is 5.92 Å². The Hall–Kier alpha value is 2.15. The first-order valence-electron chi connectivity index (χ1n) is 7.96. The van der Waals surface area contributed by atoms with Gasteiger partial charge in [0.25, 0.3) is 0 Å². The van der Waals surface area contributed by atoms with E-state index in [9.17, 15) is 0 Å². The molecule has 0 aromatic carbocycles. The van der Waals surface area contributed by atoms with E-state index in [4.69, 9.17) is 0 Å². The van der Waals surface area contributed by atoms with Crippen molar-refractivity contribution < 1.29 is 0 Å². The van der Waals surface area contributed by atoms with Crippen molar-refractivity contribution in [3.63, 3.8) is 0 Å². The molecule has 0 aromatic rings. The van der Waals surface area contributed by atoms with Crippen LogP contribution in [-0.2, 0) is 0 Å². The summed E-state index contributed by atoms with van der Waals surface area (Å²) < 4.78 is 0. The van der Waals surface area contributed by atoms with Crippen molar-refractivity contribution in [3.05, 3.63) is 0 Å². The van der Waals surface area contributed by atoms with Crippen LogP contribution >= 0.6 is 38.3 Å². The van der Waals surface area contributed by atoms with Gasteiger partial charge in [-0.15, -0.1) is 0 Å². The molecule has 0 nitrogen and oxygen atoms in total. The summed E-state index contributed by atoms with van der Waals surface area (Å²) in [4.78, 5) is 0. The fraction of sp³-hybridized carbons (Fsp3) is 1.00. The fourth-order valence-corrected chi connectivity index (χ4v) is 27.5. The summed E-state index contributed by atoms with van der Waals surface area (Å²) in [7, 11) is 0.919. The van der Waals surface area contributed by atoms with Gasteiger partial charge in [-0.3, -0.25) is 0 Å². The third-order valence-corrected chi connectivity index (χ3v) is 27.3. The third kappa shape index (κ3) is 9.33. The molecule has 126 valence electrons. The van der Waals surface area contributed by atoms with Crippen LogP contribution in [0.15, 0.2) is 0 Å². The van der Waals surface area contributed by atoms with Crippen LogP contribution in [0.25, 0.3) is 0 Å². The van der Waals surface area contributed by atoms with Crippen molar-refractivity contribution in [3.8, 4) is 0 Å². The predicted molar refractivity (Wildman–Crippen MR) is 119 cm³/mol. The maximum atomic E-state index is 2.69. The van der Waals surface area contributed by atoms with Crippen LogP contribution in [0.3, 0.4) is 0 Å². The molecule has 20 heavy (non-hydrogen) atoms. The molecule has 0 aromatic heterocycles. The first-order valence-corrected chi connectivity index (χ1v) is 21.4. The Morgan fingerprint density at radius 3 is 1.85 bits per heavy atom. The van der Waals surface area contributed by atoms with Crippen molar-refractivity contribution in [2.24, 2.45) is 5.92 Å². The van der Waals surface area contributed by atoms with Gasteiger partial charge in [-0.1, -0.05) is 0 Å². The molecule has 0 aliphatic carbocycles. The Morgan fingerprint density at radius 1 is 1.00 bits per heavy atom. The molecular formula is C15H41P5. The van der Waals surface area contributed by atoms with Gasteiger partial charge in [-0.2, -0.15) is 0 Å². The molecule has 0 bridgehead atoms. The summed E-state index contributed by atoms with van der Waals surface area (Å²) in [5.41, 5.74) is 1.00. The average Bonchev–Trinajstić information content (AvgIpc) is 2.22. The van der Waals surface area contributed by atoms with Gasteiger partial charge in [0, 0.05) is 0 Å². The summed E-state index contributed by atoms with van der Waals surface area (Å²) in [5, 5.41) is 0. The molecule has 0 aliphatic heterocycles. The van der Waals surface area contributed by atoms with Crippen molar-refractivity contribution >= 4 is 38.3 Å². The SMILES string of the molecule is CPC(C[PH](C)(C)P(C)CP(C)C[PH](C)(C)C)C(C)C. The quantitative estimate of drug-likeness (QED) is 0.432. The molecule has 5 heteroatoms.